The molecule has 4 bridgehead atoms. The van der Waals surface area contributed by atoms with E-state index in [1.165, 1.54) is 6.42 Å². The van der Waals surface area contributed by atoms with Crippen LogP contribution in [0.2, 0.25) is 5.02 Å². The maximum Gasteiger partial charge on any atom is 0.407 e. The molecule has 0 radical (unpaired) electrons. The Hall–Kier alpha value is -3.05. The standard InChI is InChI=1S/C28H35ClN6O2/c1-27(2,3)37-26(36)34-23-19-7-18-8-20(23)12-28(10-18,11-19)16-33-24-21(13-30)15-32-25(35-24)31-14-17-5-4-6-22(29)9-17/h4-6,9,15,18-20,23H,7-8,10-12,14,16H2,1-3H3,(H,34,36)(H2,31,32,33,35)/t18?,19-,20+,23?,28?. The molecule has 0 aliphatic heterocycles. The van der Waals surface area contributed by atoms with Gasteiger partial charge < -0.3 is 20.7 Å². The van der Waals surface area contributed by atoms with E-state index in [0.29, 0.717) is 46.7 Å². The van der Waals surface area contributed by atoms with Gasteiger partial charge >= 0.3 is 6.09 Å². The molecule has 196 valence electrons. The first kappa shape index (κ1) is 25.6. The van der Waals surface area contributed by atoms with Crippen LogP contribution in [0.15, 0.2) is 30.5 Å². The Morgan fingerprint density at radius 2 is 1.97 bits per heavy atom. The molecule has 1 aromatic heterocycles. The molecule has 4 fully saturated rings. The quantitative estimate of drug-likeness (QED) is 0.424. The molecule has 0 spiro atoms. The van der Waals surface area contributed by atoms with Crippen LogP contribution in [0.3, 0.4) is 0 Å². The van der Waals surface area contributed by atoms with Gasteiger partial charge in [-0.1, -0.05) is 23.7 Å². The SMILES string of the molecule is CC(C)(C)OC(=O)NC1[C@@H]2CC3C[C@H]1CC(CNc1nc(NCc4cccc(Cl)c4)ncc1C#N)(C3)C2. The monoisotopic (exact) mass is 522 g/mol. The lowest BCUT2D eigenvalue weighted by molar-refractivity contribution is -0.0703. The van der Waals surface area contributed by atoms with Crippen LogP contribution in [0.4, 0.5) is 16.6 Å². The van der Waals surface area contributed by atoms with Gasteiger partial charge in [-0.25, -0.2) is 9.78 Å². The van der Waals surface area contributed by atoms with Crippen molar-refractivity contribution in [1.29, 1.82) is 5.26 Å². The molecular formula is C28H35ClN6O2. The van der Waals surface area contributed by atoms with Gasteiger partial charge in [0.2, 0.25) is 5.95 Å². The van der Waals surface area contributed by atoms with Crippen molar-refractivity contribution in [2.75, 3.05) is 17.2 Å². The Morgan fingerprint density at radius 3 is 2.65 bits per heavy atom. The molecule has 4 aliphatic carbocycles. The Morgan fingerprint density at radius 1 is 1.22 bits per heavy atom. The number of hydrogen-bond donors (Lipinski definition) is 3. The third kappa shape index (κ3) is 5.93. The molecule has 9 heteroatoms. The van der Waals surface area contributed by atoms with Gasteiger partial charge in [-0.3, -0.25) is 0 Å². The summed E-state index contributed by atoms with van der Waals surface area (Å²) in [7, 11) is 0. The fraction of sp³-hybridized carbons (Fsp3) is 0.571. The number of carbonyl (C=O) groups is 1. The van der Waals surface area contributed by atoms with Gasteiger partial charge in [0.25, 0.3) is 0 Å². The molecule has 3 unspecified atom stereocenters. The number of halogens is 1. The highest BCUT2D eigenvalue weighted by Crippen LogP contribution is 2.60. The van der Waals surface area contributed by atoms with Crippen molar-refractivity contribution in [3.05, 3.63) is 46.6 Å². The lowest BCUT2D eigenvalue weighted by atomic mass is 9.48. The van der Waals surface area contributed by atoms with Crippen LogP contribution in [0, 0.1) is 34.5 Å². The van der Waals surface area contributed by atoms with Crippen LogP contribution in [0.25, 0.3) is 0 Å². The highest BCUT2D eigenvalue weighted by Gasteiger charge is 2.55. The molecule has 4 aliphatic rings. The average Bonchev–Trinajstić information content (AvgIpc) is 2.82. The molecule has 1 amide bonds. The number of rotatable bonds is 7. The van der Waals surface area contributed by atoms with E-state index in [-0.39, 0.29) is 17.6 Å². The van der Waals surface area contributed by atoms with Gasteiger partial charge in [0, 0.05) is 24.2 Å². The number of nitrogens with zero attached hydrogens (tertiary/aromatic N) is 3. The Balaban J connectivity index is 1.24. The molecule has 1 aromatic carbocycles. The molecule has 37 heavy (non-hydrogen) atoms. The summed E-state index contributed by atoms with van der Waals surface area (Å²) in [6.45, 7) is 6.98. The molecular weight excluding hydrogens is 488 g/mol. The first-order chi connectivity index (χ1) is 17.6. The van der Waals surface area contributed by atoms with E-state index in [4.69, 9.17) is 16.3 Å². The fourth-order valence-corrected chi connectivity index (χ4v) is 7.08. The number of carbonyl (C=O) groups excluding carboxylic acids is 1. The average molecular weight is 523 g/mol. The minimum atomic E-state index is -0.501. The largest absolute Gasteiger partial charge is 0.444 e. The molecule has 3 N–H and O–H groups in total. The maximum atomic E-state index is 12.5. The first-order valence-corrected chi connectivity index (χ1v) is 13.5. The van der Waals surface area contributed by atoms with Crippen molar-refractivity contribution >= 4 is 29.5 Å². The number of hydrogen-bond acceptors (Lipinski definition) is 7. The number of nitrogens with one attached hydrogen (secondary N) is 3. The molecule has 6 rings (SSSR count). The van der Waals surface area contributed by atoms with Crippen molar-refractivity contribution in [2.45, 2.75) is 71.1 Å². The molecule has 0 saturated heterocycles. The van der Waals surface area contributed by atoms with E-state index in [9.17, 15) is 10.1 Å². The highest BCUT2D eigenvalue weighted by atomic mass is 35.5. The van der Waals surface area contributed by atoms with Crippen molar-refractivity contribution < 1.29 is 9.53 Å². The minimum Gasteiger partial charge on any atom is -0.444 e. The van der Waals surface area contributed by atoms with Crippen LogP contribution >= 0.6 is 11.6 Å². The zero-order valence-electron chi connectivity index (χ0n) is 21.7. The van der Waals surface area contributed by atoms with E-state index >= 15 is 0 Å². The summed E-state index contributed by atoms with van der Waals surface area (Å²) in [5, 5.41) is 20.3. The number of anilines is 2. The summed E-state index contributed by atoms with van der Waals surface area (Å²) in [5.41, 5.74) is 1.11. The number of ether oxygens (including phenoxy) is 1. The smallest absolute Gasteiger partial charge is 0.407 e. The Bertz CT molecular complexity index is 1190. The number of alkyl carbamates (subject to hydrolysis) is 1. The van der Waals surface area contributed by atoms with Gasteiger partial charge in [-0.2, -0.15) is 10.2 Å². The second-order valence-corrected chi connectivity index (χ2v) is 12.5. The maximum absolute atomic E-state index is 12.5. The summed E-state index contributed by atoms with van der Waals surface area (Å²) in [6, 6.07) is 10.0. The van der Waals surface area contributed by atoms with Crippen molar-refractivity contribution in [1.82, 2.24) is 15.3 Å². The van der Waals surface area contributed by atoms with Crippen LogP contribution in [0.5, 0.6) is 0 Å². The van der Waals surface area contributed by atoms with Crippen LogP contribution in [-0.2, 0) is 11.3 Å². The number of benzene rings is 1. The molecule has 2 aromatic rings. The highest BCUT2D eigenvalue weighted by molar-refractivity contribution is 6.30. The van der Waals surface area contributed by atoms with Crippen molar-refractivity contribution in [3.63, 3.8) is 0 Å². The summed E-state index contributed by atoms with van der Waals surface area (Å²) in [4.78, 5) is 21.4. The first-order valence-electron chi connectivity index (χ1n) is 13.1. The van der Waals surface area contributed by atoms with Gasteiger partial charge in [0.05, 0.1) is 6.20 Å². The summed E-state index contributed by atoms with van der Waals surface area (Å²) in [6.07, 6.45) is 6.87. The zero-order chi connectivity index (χ0) is 26.2. The topological polar surface area (TPSA) is 112 Å². The molecule has 1 heterocycles. The molecule has 5 atom stereocenters. The van der Waals surface area contributed by atoms with Crippen LogP contribution in [-0.4, -0.2) is 34.2 Å². The fourth-order valence-electron chi connectivity index (χ4n) is 6.87. The Kier molecular flexibility index (Phi) is 6.93. The van der Waals surface area contributed by atoms with E-state index in [2.05, 4.69) is 32.0 Å². The lowest BCUT2D eigenvalue weighted by Crippen LogP contribution is -2.60. The predicted octanol–water partition coefficient (Wildman–Crippen LogP) is 5.75. The lowest BCUT2D eigenvalue weighted by Gasteiger charge is -2.60. The van der Waals surface area contributed by atoms with Crippen LogP contribution in [0.1, 0.15) is 64.0 Å². The second-order valence-electron chi connectivity index (χ2n) is 12.0. The number of nitriles is 1. The van der Waals surface area contributed by atoms with Crippen molar-refractivity contribution in [3.8, 4) is 6.07 Å². The summed E-state index contributed by atoms with van der Waals surface area (Å²) >= 11 is 6.09. The van der Waals surface area contributed by atoms with Crippen molar-refractivity contribution in [2.24, 2.45) is 23.2 Å². The minimum absolute atomic E-state index is 0.147. The number of aromatic nitrogens is 2. The van der Waals surface area contributed by atoms with Crippen LogP contribution < -0.4 is 16.0 Å². The van der Waals surface area contributed by atoms with Gasteiger partial charge in [-0.15, -0.1) is 0 Å². The van der Waals surface area contributed by atoms with Gasteiger partial charge in [0.15, 0.2) is 0 Å². The third-order valence-electron chi connectivity index (χ3n) is 7.96. The summed E-state index contributed by atoms with van der Waals surface area (Å²) in [5.74, 6) is 2.62. The van der Waals surface area contributed by atoms with Gasteiger partial charge in [0.1, 0.15) is 23.1 Å². The third-order valence-corrected chi connectivity index (χ3v) is 8.20. The van der Waals surface area contributed by atoms with E-state index < -0.39 is 5.60 Å². The molecule has 4 saturated carbocycles. The normalized spacial score (nSPS) is 27.9. The number of amides is 1. The van der Waals surface area contributed by atoms with E-state index in [0.717, 1.165) is 37.8 Å². The van der Waals surface area contributed by atoms with E-state index in [1.54, 1.807) is 6.20 Å². The van der Waals surface area contributed by atoms with Gasteiger partial charge in [-0.05, 0) is 93.7 Å². The zero-order valence-corrected chi connectivity index (χ0v) is 22.4. The Labute approximate surface area is 223 Å². The van der Waals surface area contributed by atoms with E-state index in [1.807, 2.05) is 45.0 Å². The predicted molar refractivity (Wildman–Crippen MR) is 143 cm³/mol. The summed E-state index contributed by atoms with van der Waals surface area (Å²) < 4.78 is 5.55. The molecule has 8 nitrogen and oxygen atoms in total. The second kappa shape index (κ2) is 10.0.